The van der Waals surface area contributed by atoms with Gasteiger partial charge in [-0.15, -0.1) is 11.3 Å². The smallest absolute Gasteiger partial charge is 0.271 e. The molecule has 0 radical (unpaired) electrons. The highest BCUT2D eigenvalue weighted by molar-refractivity contribution is 7.94. The molecule has 2 heterocycles. The van der Waals surface area contributed by atoms with Crippen LogP contribution in [0.1, 0.15) is 0 Å². The zero-order chi connectivity index (χ0) is 18.1. The number of anilines is 1. The van der Waals surface area contributed by atoms with Gasteiger partial charge in [0.15, 0.2) is 0 Å². The van der Waals surface area contributed by atoms with Crippen LogP contribution in [0.4, 0.5) is 5.69 Å². The Bertz CT molecular complexity index is 952. The van der Waals surface area contributed by atoms with Gasteiger partial charge in [-0.25, -0.2) is 16.8 Å². The Labute approximate surface area is 155 Å². The van der Waals surface area contributed by atoms with Gasteiger partial charge in [0.2, 0.25) is 10.0 Å². The highest BCUT2D eigenvalue weighted by Gasteiger charge is 2.29. The van der Waals surface area contributed by atoms with E-state index in [2.05, 4.69) is 4.72 Å². The monoisotopic (exact) mass is 422 g/mol. The summed E-state index contributed by atoms with van der Waals surface area (Å²) in [6, 6.07) is 7.11. The highest BCUT2D eigenvalue weighted by Crippen LogP contribution is 2.29. The van der Waals surface area contributed by atoms with E-state index in [0.717, 1.165) is 11.3 Å². The number of ether oxygens (including phenoxy) is 1. The lowest BCUT2D eigenvalue weighted by Gasteiger charge is -2.26. The van der Waals surface area contributed by atoms with Crippen LogP contribution < -0.4 is 4.72 Å². The van der Waals surface area contributed by atoms with Gasteiger partial charge in [-0.05, 0) is 29.6 Å². The lowest BCUT2D eigenvalue weighted by Crippen LogP contribution is -2.40. The van der Waals surface area contributed by atoms with Crippen LogP contribution >= 0.6 is 22.9 Å². The van der Waals surface area contributed by atoms with Crippen LogP contribution in [0.5, 0.6) is 0 Å². The molecule has 0 aliphatic carbocycles. The average Bonchev–Trinajstić information content (AvgIpc) is 3.13. The molecule has 0 saturated carbocycles. The highest BCUT2D eigenvalue weighted by atomic mass is 35.5. The number of benzene rings is 1. The van der Waals surface area contributed by atoms with Gasteiger partial charge in [0.25, 0.3) is 10.0 Å². The average molecular weight is 423 g/mol. The summed E-state index contributed by atoms with van der Waals surface area (Å²) in [5.74, 6) is 0. The molecule has 1 aliphatic rings. The molecular formula is C14H15ClN2O5S3. The molecule has 0 unspecified atom stereocenters. The SMILES string of the molecule is O=S(=O)(Nc1ccc(Cl)c(S(=O)(=O)N2CCOCC2)c1)c1cccs1. The predicted molar refractivity (Wildman–Crippen MR) is 96.2 cm³/mol. The minimum atomic E-state index is -3.84. The van der Waals surface area contributed by atoms with Crippen LogP contribution in [0, 0.1) is 0 Å². The molecular weight excluding hydrogens is 408 g/mol. The molecule has 0 amide bonds. The molecule has 0 atom stereocenters. The largest absolute Gasteiger partial charge is 0.379 e. The normalized spacial score (nSPS) is 16.7. The van der Waals surface area contributed by atoms with E-state index < -0.39 is 20.0 Å². The van der Waals surface area contributed by atoms with Crippen molar-refractivity contribution in [2.45, 2.75) is 9.10 Å². The second kappa shape index (κ2) is 7.22. The number of nitrogens with one attached hydrogen (secondary N) is 1. The van der Waals surface area contributed by atoms with Crippen LogP contribution in [0.15, 0.2) is 44.8 Å². The van der Waals surface area contributed by atoms with E-state index in [9.17, 15) is 16.8 Å². The molecule has 1 fully saturated rings. The van der Waals surface area contributed by atoms with Crippen LogP contribution in [0.3, 0.4) is 0 Å². The summed E-state index contributed by atoms with van der Waals surface area (Å²) < 4.78 is 59.1. The first-order chi connectivity index (χ1) is 11.8. The molecule has 1 N–H and O–H groups in total. The topological polar surface area (TPSA) is 92.8 Å². The number of halogens is 1. The third-order valence-corrected chi connectivity index (χ3v) is 8.69. The van der Waals surface area contributed by atoms with Crippen molar-refractivity contribution in [1.29, 1.82) is 0 Å². The van der Waals surface area contributed by atoms with Crippen LogP contribution in [-0.4, -0.2) is 47.4 Å². The molecule has 3 rings (SSSR count). The summed E-state index contributed by atoms with van der Waals surface area (Å²) in [5, 5.41) is 1.68. The molecule has 1 saturated heterocycles. The van der Waals surface area contributed by atoms with Crippen molar-refractivity contribution in [2.24, 2.45) is 0 Å². The maximum absolute atomic E-state index is 12.8. The molecule has 1 aromatic carbocycles. The van der Waals surface area contributed by atoms with Gasteiger partial charge in [-0.2, -0.15) is 4.31 Å². The predicted octanol–water partition coefficient (Wildman–Crippen LogP) is 2.22. The number of hydrogen-bond donors (Lipinski definition) is 1. The summed E-state index contributed by atoms with van der Waals surface area (Å²) in [7, 11) is -7.61. The summed E-state index contributed by atoms with van der Waals surface area (Å²) >= 11 is 7.13. The van der Waals surface area contributed by atoms with Crippen molar-refractivity contribution < 1.29 is 21.6 Å². The fraction of sp³-hybridized carbons (Fsp3) is 0.286. The molecule has 1 aliphatic heterocycles. The summed E-state index contributed by atoms with van der Waals surface area (Å²) in [6.45, 7) is 1.07. The summed E-state index contributed by atoms with van der Waals surface area (Å²) in [4.78, 5) is -0.137. The fourth-order valence-electron chi connectivity index (χ4n) is 2.31. The van der Waals surface area contributed by atoms with E-state index in [1.807, 2.05) is 0 Å². The zero-order valence-corrected chi connectivity index (χ0v) is 16.1. The number of rotatable bonds is 5. The number of morpholine rings is 1. The molecule has 25 heavy (non-hydrogen) atoms. The van der Waals surface area contributed by atoms with Gasteiger partial charge in [-0.1, -0.05) is 17.7 Å². The minimum Gasteiger partial charge on any atom is -0.379 e. The minimum absolute atomic E-state index is 0.0329. The lowest BCUT2D eigenvalue weighted by molar-refractivity contribution is 0.0730. The third kappa shape index (κ3) is 3.99. The van der Waals surface area contributed by atoms with E-state index in [1.54, 1.807) is 11.4 Å². The van der Waals surface area contributed by atoms with Crippen molar-refractivity contribution in [1.82, 2.24) is 4.31 Å². The molecule has 0 spiro atoms. The van der Waals surface area contributed by atoms with E-state index in [0.29, 0.717) is 13.2 Å². The molecule has 7 nitrogen and oxygen atoms in total. The van der Waals surface area contributed by atoms with Crippen LogP contribution in [0.2, 0.25) is 5.02 Å². The van der Waals surface area contributed by atoms with E-state index in [1.165, 1.54) is 28.6 Å². The second-order valence-electron chi connectivity index (χ2n) is 5.20. The number of hydrogen-bond acceptors (Lipinski definition) is 6. The van der Waals surface area contributed by atoms with E-state index in [-0.39, 0.29) is 32.9 Å². The number of sulfonamides is 2. The molecule has 1 aromatic heterocycles. The molecule has 136 valence electrons. The molecule has 11 heteroatoms. The zero-order valence-electron chi connectivity index (χ0n) is 12.9. The Morgan fingerprint density at radius 3 is 2.48 bits per heavy atom. The standard InChI is InChI=1S/C14H15ClN2O5S3/c15-12-4-3-11(16-24(18,19)14-2-1-9-23-14)10-13(12)25(20,21)17-5-7-22-8-6-17/h1-4,9-10,16H,5-8H2. The van der Waals surface area contributed by atoms with E-state index >= 15 is 0 Å². The first-order valence-corrected chi connectivity index (χ1v) is 11.4. The van der Waals surface area contributed by atoms with Crippen molar-refractivity contribution in [2.75, 3.05) is 31.0 Å². The molecule has 2 aromatic rings. The van der Waals surface area contributed by atoms with Gasteiger partial charge in [0.05, 0.1) is 23.9 Å². The Hall–Kier alpha value is -1.17. The Morgan fingerprint density at radius 2 is 1.84 bits per heavy atom. The van der Waals surface area contributed by atoms with Gasteiger partial charge in [-0.3, -0.25) is 4.72 Å². The van der Waals surface area contributed by atoms with Crippen molar-refractivity contribution in [3.05, 3.63) is 40.7 Å². The van der Waals surface area contributed by atoms with Crippen LogP contribution in [-0.2, 0) is 24.8 Å². The van der Waals surface area contributed by atoms with Crippen molar-refractivity contribution in [3.8, 4) is 0 Å². The second-order valence-corrected chi connectivity index (χ2v) is 10.4. The Kier molecular flexibility index (Phi) is 5.37. The van der Waals surface area contributed by atoms with E-state index in [4.69, 9.17) is 16.3 Å². The molecule has 0 bridgehead atoms. The van der Waals surface area contributed by atoms with Gasteiger partial charge in [0.1, 0.15) is 9.10 Å². The van der Waals surface area contributed by atoms with Gasteiger partial charge in [0, 0.05) is 13.1 Å². The lowest BCUT2D eigenvalue weighted by atomic mass is 10.3. The number of nitrogens with zero attached hydrogens (tertiary/aromatic N) is 1. The maximum atomic E-state index is 12.8. The number of thiophene rings is 1. The summed E-state index contributed by atoms with van der Waals surface area (Å²) in [6.07, 6.45) is 0. The van der Waals surface area contributed by atoms with Gasteiger partial charge < -0.3 is 4.74 Å². The first-order valence-electron chi connectivity index (χ1n) is 7.24. The first kappa shape index (κ1) is 18.6. The summed E-state index contributed by atoms with van der Waals surface area (Å²) in [5.41, 5.74) is 0.129. The van der Waals surface area contributed by atoms with Crippen molar-refractivity contribution in [3.63, 3.8) is 0 Å². The quantitative estimate of drug-likeness (QED) is 0.797. The maximum Gasteiger partial charge on any atom is 0.271 e. The van der Waals surface area contributed by atoms with Gasteiger partial charge >= 0.3 is 0 Å². The van der Waals surface area contributed by atoms with Crippen LogP contribution in [0.25, 0.3) is 0 Å². The van der Waals surface area contributed by atoms with Crippen molar-refractivity contribution >= 4 is 48.7 Å². The third-order valence-electron chi connectivity index (χ3n) is 3.53. The Morgan fingerprint density at radius 1 is 1.12 bits per heavy atom. The Balaban J connectivity index is 1.93. The fourth-order valence-corrected chi connectivity index (χ4v) is 6.26.